The van der Waals surface area contributed by atoms with Crippen LogP contribution < -0.4 is 14.5 Å². The molecule has 0 atom stereocenters. The number of hydrogen-bond donors (Lipinski definition) is 0. The van der Waals surface area contributed by atoms with Crippen LogP contribution in [0.2, 0.25) is 0 Å². The van der Waals surface area contributed by atoms with Gasteiger partial charge in [0.2, 0.25) is 0 Å². The van der Waals surface area contributed by atoms with Crippen LogP contribution in [0.4, 0.5) is 22.7 Å². The van der Waals surface area contributed by atoms with Crippen molar-refractivity contribution in [3.8, 4) is 17.3 Å². The van der Waals surface area contributed by atoms with E-state index in [9.17, 15) is 5.48 Å². The second-order valence-electron chi connectivity index (χ2n) is 20.7. The van der Waals surface area contributed by atoms with Crippen LogP contribution in [0.25, 0.3) is 27.6 Å². The van der Waals surface area contributed by atoms with Crippen LogP contribution in [0, 0.1) is 37.6 Å². The number of rotatable bonds is 9. The number of pyridine rings is 1. The van der Waals surface area contributed by atoms with Gasteiger partial charge in [0.1, 0.15) is 5.82 Å². The molecule has 0 unspecified atom stereocenters. The van der Waals surface area contributed by atoms with Gasteiger partial charge in [-0.3, -0.25) is 0 Å². The number of fused-ring (bicyclic) bond motifs is 4. The summed E-state index contributed by atoms with van der Waals surface area (Å²) in [5.74, 6) is 0.785. The van der Waals surface area contributed by atoms with E-state index in [2.05, 4.69) is 140 Å². The first-order valence-electron chi connectivity index (χ1n) is 24.1. The molecule has 0 radical (unpaired) electrons. The van der Waals surface area contributed by atoms with Crippen LogP contribution in [0.15, 0.2) is 97.2 Å². The number of aromatic nitrogens is 2. The number of anilines is 4. The van der Waals surface area contributed by atoms with E-state index in [0.717, 1.165) is 39.2 Å². The molecule has 1 aliphatic heterocycles. The maximum absolute atomic E-state index is 9.56. The van der Waals surface area contributed by atoms with E-state index in [4.69, 9.17) is 9.72 Å². The van der Waals surface area contributed by atoms with Crippen molar-refractivity contribution in [2.75, 3.05) is 9.80 Å². The van der Waals surface area contributed by atoms with Crippen LogP contribution >= 0.6 is 0 Å². The van der Waals surface area contributed by atoms with E-state index < -0.39 is 24.6 Å². The van der Waals surface area contributed by atoms with Gasteiger partial charge in [0.05, 0.1) is 0 Å². The molecule has 0 saturated carbocycles. The van der Waals surface area contributed by atoms with Gasteiger partial charge in [0.25, 0.3) is 0 Å². The molecule has 8 rings (SSSR count). The first-order chi connectivity index (χ1) is 30.7. The summed E-state index contributed by atoms with van der Waals surface area (Å²) >= 11 is 0. The third kappa shape index (κ3) is 9.37. The first kappa shape index (κ1) is 40.9. The molecule has 1 aliphatic rings. The smallest absolute Gasteiger partial charge is 0.135 e. The minimum atomic E-state index is -1.87. The maximum atomic E-state index is 9.56. The molecule has 0 spiro atoms. The quantitative estimate of drug-likeness (QED) is 0.135. The van der Waals surface area contributed by atoms with E-state index in [-0.39, 0.29) is 37.3 Å². The van der Waals surface area contributed by atoms with Crippen LogP contribution in [-0.4, -0.2) is 9.55 Å². The largest absolute Gasteiger partial charge is 0.509 e. The minimum Gasteiger partial charge on any atom is -0.509 e. The van der Waals surface area contributed by atoms with Crippen molar-refractivity contribution in [1.29, 1.82) is 0 Å². The third-order valence-corrected chi connectivity index (χ3v) is 11.6. The monoisotopic (exact) mass is 1020 g/mol. The molecule has 0 aliphatic carbocycles. The molecule has 0 saturated heterocycles. The number of ether oxygens (including phenoxy) is 1. The van der Waals surface area contributed by atoms with Crippen molar-refractivity contribution in [3.05, 3.63) is 149 Å². The standard InChI is InChI=1S/C57H65N4O.Pt/c1-36(2)26-39-19-23-50-54(48(39)27-37(3)4)47-21-20-46(34-51(47)61(50)53-32-40(24-25-58-53)55(6,7)8)62-45-17-15-16-43(33-45)59-35-60(52-28-38(5)18-22-49(52)59)44-30-41(56(9,10)11)29-42(31-44)57(12,13)14;/h15-25,28-32,35-37H,26-27H2,1-14H3;/q-3;/i26D2,27D2;. The summed E-state index contributed by atoms with van der Waals surface area (Å²) in [5.41, 5.74) is 10.7. The Kier molecular flexibility index (Phi) is 11.2. The molecular weight excluding hydrogens is 952 g/mol. The van der Waals surface area contributed by atoms with Gasteiger partial charge in [0, 0.05) is 66.8 Å². The SMILES string of the molecule is [2H]C([2H])(c1ccc2c(c1C([2H])([2H])C(C)C)c1ccc(Oc3[c-]c(N4[CH-]N(c5cc(C(C)(C)C)cc(C(C)(C)C)c5)c5cc(C)ccc54)ccc3)[c-]c1n2-c1cc(C(C)(C)C)ccn1)C(C)C.[Pt]. The molecule has 0 amide bonds. The van der Waals surface area contributed by atoms with Crippen molar-refractivity contribution in [3.63, 3.8) is 0 Å². The summed E-state index contributed by atoms with van der Waals surface area (Å²) in [7, 11) is 0. The van der Waals surface area contributed by atoms with E-state index in [0.29, 0.717) is 39.3 Å². The molecule has 6 heteroatoms. The molecule has 5 nitrogen and oxygen atoms in total. The first-order valence-corrected chi connectivity index (χ1v) is 22.1. The van der Waals surface area contributed by atoms with Gasteiger partial charge < -0.3 is 19.1 Å². The summed E-state index contributed by atoms with van der Waals surface area (Å²) in [6.45, 7) is 31.8. The van der Waals surface area contributed by atoms with Crippen molar-refractivity contribution >= 4 is 44.6 Å². The molecule has 5 aromatic carbocycles. The molecule has 0 bridgehead atoms. The summed E-state index contributed by atoms with van der Waals surface area (Å²) in [6, 6.07) is 38.2. The topological polar surface area (TPSA) is 33.5 Å². The number of benzene rings is 5. The van der Waals surface area contributed by atoms with E-state index >= 15 is 0 Å². The Morgan fingerprint density at radius 1 is 0.683 bits per heavy atom. The van der Waals surface area contributed by atoms with Crippen LogP contribution in [-0.2, 0) is 50.1 Å². The predicted octanol–water partition coefficient (Wildman–Crippen LogP) is 15.6. The molecule has 332 valence electrons. The Morgan fingerprint density at radius 3 is 2.00 bits per heavy atom. The van der Waals surface area contributed by atoms with Gasteiger partial charge in [-0.15, -0.1) is 48.1 Å². The fourth-order valence-electron chi connectivity index (χ4n) is 8.23. The van der Waals surface area contributed by atoms with Crippen molar-refractivity contribution in [2.24, 2.45) is 11.8 Å². The van der Waals surface area contributed by atoms with E-state index in [1.54, 1.807) is 6.07 Å². The number of nitrogens with zero attached hydrogens (tertiary/aromatic N) is 4. The number of aryl methyl sites for hydroxylation is 1. The normalized spacial score (nSPS) is 14.8. The van der Waals surface area contributed by atoms with Crippen molar-refractivity contribution in [2.45, 2.75) is 126 Å². The Bertz CT molecular complexity index is 2950. The molecular formula is C57H65N4OPt-3. The molecule has 0 fully saturated rings. The Hall–Kier alpha value is -4.86. The van der Waals surface area contributed by atoms with E-state index in [1.807, 2.05) is 80.9 Å². The van der Waals surface area contributed by atoms with Gasteiger partial charge in [0.15, 0.2) is 0 Å². The fourth-order valence-corrected chi connectivity index (χ4v) is 8.23. The van der Waals surface area contributed by atoms with Crippen LogP contribution in [0.5, 0.6) is 11.5 Å². The van der Waals surface area contributed by atoms with Gasteiger partial charge in [-0.05, 0) is 129 Å². The summed E-state index contributed by atoms with van der Waals surface area (Å²) in [6.07, 6.45) is -1.85. The van der Waals surface area contributed by atoms with Crippen molar-refractivity contribution in [1.82, 2.24) is 9.55 Å². The maximum Gasteiger partial charge on any atom is 0.135 e. The fraction of sp³-hybridized carbons (Fsp3) is 0.368. The third-order valence-electron chi connectivity index (χ3n) is 11.6. The predicted molar refractivity (Wildman–Crippen MR) is 262 cm³/mol. The second-order valence-corrected chi connectivity index (χ2v) is 20.7. The van der Waals surface area contributed by atoms with Crippen LogP contribution in [0.1, 0.15) is 129 Å². The molecule has 63 heavy (non-hydrogen) atoms. The summed E-state index contributed by atoms with van der Waals surface area (Å²) in [4.78, 5) is 9.34. The van der Waals surface area contributed by atoms with Crippen LogP contribution in [0.3, 0.4) is 0 Å². The van der Waals surface area contributed by atoms with Gasteiger partial charge >= 0.3 is 0 Å². The average Bonchev–Trinajstić information content (AvgIpc) is 3.77. The van der Waals surface area contributed by atoms with Gasteiger partial charge in [-0.2, -0.15) is 12.1 Å². The summed E-state index contributed by atoms with van der Waals surface area (Å²) in [5, 5.41) is 1.39. The Morgan fingerprint density at radius 2 is 1.35 bits per heavy atom. The molecule has 7 aromatic rings. The number of hydrogen-bond acceptors (Lipinski definition) is 4. The molecule has 3 heterocycles. The molecule has 0 N–H and O–H groups in total. The van der Waals surface area contributed by atoms with E-state index in [1.165, 1.54) is 16.7 Å². The zero-order chi connectivity index (χ0) is 48.1. The van der Waals surface area contributed by atoms with Gasteiger partial charge in [-0.1, -0.05) is 114 Å². The van der Waals surface area contributed by atoms with Gasteiger partial charge in [-0.25, -0.2) is 4.98 Å². The molecule has 2 aromatic heterocycles. The summed E-state index contributed by atoms with van der Waals surface area (Å²) < 4.78 is 46.4. The zero-order valence-electron chi connectivity index (χ0n) is 43.5. The zero-order valence-corrected chi connectivity index (χ0v) is 41.8. The average molecular weight is 1020 g/mol. The van der Waals surface area contributed by atoms with Crippen molar-refractivity contribution < 1.29 is 31.3 Å². The Labute approximate surface area is 397 Å². The Balaban J connectivity index is 0.00000666. The minimum absolute atomic E-state index is 0. The second kappa shape index (κ2) is 17.3.